The van der Waals surface area contributed by atoms with Crippen LogP contribution in [0.4, 0.5) is 0 Å². The molecular formula is C33H61N3O8. The van der Waals surface area contributed by atoms with Gasteiger partial charge in [-0.05, 0) is 45.1 Å². The van der Waals surface area contributed by atoms with E-state index < -0.39 is 30.0 Å². The first-order valence-electron chi connectivity index (χ1n) is 17.1. The molecule has 2 atom stereocenters. The second-order valence-electron chi connectivity index (χ2n) is 11.8. The highest BCUT2D eigenvalue weighted by Crippen LogP contribution is 2.14. The highest BCUT2D eigenvalue weighted by Gasteiger charge is 2.21. The normalized spacial score (nSPS) is 12.4. The quantitative estimate of drug-likeness (QED) is 0.0503. The maximum absolute atomic E-state index is 12.2. The SMILES string of the molecule is CCN[C@@H](CCCCNC(=O)CC[C@H](NC(=O)CCCCCCCCCCCCCCCCCCC(=O)O)C(=O)O)C(=O)O. The van der Waals surface area contributed by atoms with E-state index in [0.717, 1.165) is 38.5 Å². The number of rotatable bonds is 32. The lowest BCUT2D eigenvalue weighted by molar-refractivity contribution is -0.142. The number of carbonyl (C=O) groups excluding carboxylic acids is 2. The molecule has 0 bridgehead atoms. The van der Waals surface area contributed by atoms with Crippen LogP contribution >= 0.6 is 0 Å². The van der Waals surface area contributed by atoms with Gasteiger partial charge in [-0.1, -0.05) is 96.8 Å². The minimum Gasteiger partial charge on any atom is -0.481 e. The third-order valence-electron chi connectivity index (χ3n) is 7.83. The summed E-state index contributed by atoms with van der Waals surface area (Å²) >= 11 is 0. The van der Waals surface area contributed by atoms with Crippen molar-refractivity contribution in [2.24, 2.45) is 0 Å². The van der Waals surface area contributed by atoms with Crippen molar-refractivity contribution in [3.63, 3.8) is 0 Å². The predicted molar refractivity (Wildman–Crippen MR) is 172 cm³/mol. The van der Waals surface area contributed by atoms with E-state index in [-0.39, 0.29) is 37.5 Å². The highest BCUT2D eigenvalue weighted by atomic mass is 16.4. The number of carboxylic acids is 3. The standard InChI is InChI=1S/C33H61N3O8/c1-2-34-27(32(41)42)21-19-20-26-35-29(37)25-24-28(33(43)44)36-30(38)22-17-15-13-11-9-7-5-3-4-6-8-10-12-14-16-18-23-31(39)40/h27-28,34H,2-26H2,1H3,(H,35,37)(H,36,38)(H,39,40)(H,41,42)(H,43,44)/t27-,28-/m0/s1. The van der Waals surface area contributed by atoms with Gasteiger partial charge in [-0.3, -0.25) is 19.2 Å². The van der Waals surface area contributed by atoms with Crippen LogP contribution in [0.3, 0.4) is 0 Å². The van der Waals surface area contributed by atoms with Gasteiger partial charge in [0.2, 0.25) is 11.8 Å². The fourth-order valence-electron chi connectivity index (χ4n) is 5.18. The summed E-state index contributed by atoms with van der Waals surface area (Å²) in [5.74, 6) is -3.33. The molecule has 2 amide bonds. The Morgan fingerprint density at radius 2 is 0.955 bits per heavy atom. The zero-order valence-corrected chi connectivity index (χ0v) is 27.2. The second-order valence-corrected chi connectivity index (χ2v) is 11.8. The van der Waals surface area contributed by atoms with E-state index >= 15 is 0 Å². The Labute approximate surface area is 264 Å². The number of likely N-dealkylation sites (N-methyl/N-ethyl adjacent to an activating group) is 1. The van der Waals surface area contributed by atoms with Crippen LogP contribution in [0, 0.1) is 0 Å². The summed E-state index contributed by atoms with van der Waals surface area (Å²) < 4.78 is 0. The van der Waals surface area contributed by atoms with E-state index in [4.69, 9.17) is 10.2 Å². The van der Waals surface area contributed by atoms with E-state index in [9.17, 15) is 29.1 Å². The van der Waals surface area contributed by atoms with Gasteiger partial charge in [0.05, 0.1) is 0 Å². The van der Waals surface area contributed by atoms with Crippen LogP contribution in [0.1, 0.15) is 155 Å². The highest BCUT2D eigenvalue weighted by molar-refractivity contribution is 5.84. The molecule has 0 aliphatic rings. The van der Waals surface area contributed by atoms with Crippen molar-refractivity contribution >= 4 is 29.7 Å². The van der Waals surface area contributed by atoms with Crippen LogP contribution in [0.25, 0.3) is 0 Å². The van der Waals surface area contributed by atoms with Crippen molar-refractivity contribution in [2.45, 2.75) is 167 Å². The van der Waals surface area contributed by atoms with Gasteiger partial charge < -0.3 is 31.3 Å². The molecular weight excluding hydrogens is 566 g/mol. The lowest BCUT2D eigenvalue weighted by atomic mass is 10.0. The number of aliphatic carboxylic acids is 3. The molecule has 0 spiro atoms. The zero-order chi connectivity index (χ0) is 32.8. The van der Waals surface area contributed by atoms with Gasteiger partial charge >= 0.3 is 17.9 Å². The fourth-order valence-corrected chi connectivity index (χ4v) is 5.18. The molecule has 0 heterocycles. The minimum atomic E-state index is -1.15. The molecule has 0 aliphatic heterocycles. The van der Waals surface area contributed by atoms with Gasteiger partial charge in [-0.15, -0.1) is 0 Å². The molecule has 0 aromatic heterocycles. The minimum absolute atomic E-state index is 0.00995. The van der Waals surface area contributed by atoms with Crippen molar-refractivity contribution < 1.29 is 39.3 Å². The van der Waals surface area contributed by atoms with E-state index in [1.54, 1.807) is 0 Å². The van der Waals surface area contributed by atoms with Crippen LogP contribution in [-0.4, -0.2) is 70.2 Å². The molecule has 11 heteroatoms. The maximum Gasteiger partial charge on any atom is 0.326 e. The molecule has 0 aliphatic carbocycles. The zero-order valence-electron chi connectivity index (χ0n) is 27.2. The first-order valence-corrected chi connectivity index (χ1v) is 17.1. The van der Waals surface area contributed by atoms with Gasteiger partial charge in [0.1, 0.15) is 12.1 Å². The number of unbranched alkanes of at least 4 members (excludes halogenated alkanes) is 16. The number of carbonyl (C=O) groups is 5. The molecule has 0 saturated heterocycles. The van der Waals surface area contributed by atoms with Crippen LogP contribution in [0.2, 0.25) is 0 Å². The molecule has 0 fully saturated rings. The van der Waals surface area contributed by atoms with E-state index in [1.807, 2.05) is 6.92 Å². The number of carboxylic acid groups (broad SMARTS) is 3. The Morgan fingerprint density at radius 1 is 0.500 bits per heavy atom. The molecule has 0 radical (unpaired) electrons. The summed E-state index contributed by atoms with van der Waals surface area (Å²) in [5.41, 5.74) is 0. The Morgan fingerprint density at radius 3 is 1.39 bits per heavy atom. The Hall–Kier alpha value is -2.69. The molecule has 0 rings (SSSR count). The monoisotopic (exact) mass is 627 g/mol. The molecule has 0 unspecified atom stereocenters. The molecule has 0 saturated carbocycles. The number of amides is 2. The summed E-state index contributed by atoms with van der Waals surface area (Å²) in [5, 5.41) is 35.4. The summed E-state index contributed by atoms with van der Waals surface area (Å²) in [7, 11) is 0. The van der Waals surface area contributed by atoms with Gasteiger partial charge in [-0.25, -0.2) is 4.79 Å². The van der Waals surface area contributed by atoms with Crippen LogP contribution in [0.15, 0.2) is 0 Å². The molecule has 6 N–H and O–H groups in total. The Bertz CT molecular complexity index is 793. The van der Waals surface area contributed by atoms with E-state index in [0.29, 0.717) is 38.8 Å². The number of hydrogen-bond donors (Lipinski definition) is 6. The number of nitrogens with one attached hydrogen (secondary N) is 3. The average Bonchev–Trinajstić information content (AvgIpc) is 2.97. The van der Waals surface area contributed by atoms with E-state index in [2.05, 4.69) is 16.0 Å². The third kappa shape index (κ3) is 26.9. The van der Waals surface area contributed by atoms with Gasteiger partial charge in [0.15, 0.2) is 0 Å². The first kappa shape index (κ1) is 41.3. The third-order valence-corrected chi connectivity index (χ3v) is 7.83. The predicted octanol–water partition coefficient (Wildman–Crippen LogP) is 5.79. The van der Waals surface area contributed by atoms with Crippen LogP contribution in [-0.2, 0) is 24.0 Å². The van der Waals surface area contributed by atoms with Gasteiger partial charge in [-0.2, -0.15) is 0 Å². The van der Waals surface area contributed by atoms with Crippen molar-refractivity contribution in [1.29, 1.82) is 0 Å². The van der Waals surface area contributed by atoms with Crippen molar-refractivity contribution in [3.8, 4) is 0 Å². The largest absolute Gasteiger partial charge is 0.481 e. The Balaban J connectivity index is 3.71. The van der Waals surface area contributed by atoms with E-state index in [1.165, 1.54) is 57.8 Å². The van der Waals surface area contributed by atoms with Crippen molar-refractivity contribution in [1.82, 2.24) is 16.0 Å². The molecule has 0 aromatic carbocycles. The van der Waals surface area contributed by atoms with Gasteiger partial charge in [0, 0.05) is 25.8 Å². The second kappa shape index (κ2) is 29.0. The smallest absolute Gasteiger partial charge is 0.326 e. The maximum atomic E-state index is 12.2. The first-order chi connectivity index (χ1) is 21.2. The summed E-state index contributed by atoms with van der Waals surface area (Å²) in [6.45, 7) is 2.81. The van der Waals surface area contributed by atoms with Gasteiger partial charge in [0.25, 0.3) is 0 Å². The molecule has 0 aromatic rings. The average molecular weight is 628 g/mol. The summed E-state index contributed by atoms with van der Waals surface area (Å²) in [6.07, 6.45) is 20.4. The summed E-state index contributed by atoms with van der Waals surface area (Å²) in [6, 6.07) is -1.70. The van der Waals surface area contributed by atoms with Crippen LogP contribution < -0.4 is 16.0 Å². The van der Waals surface area contributed by atoms with Crippen LogP contribution in [0.5, 0.6) is 0 Å². The Kier molecular flexibility index (Phi) is 27.3. The van der Waals surface area contributed by atoms with Crippen molar-refractivity contribution in [2.75, 3.05) is 13.1 Å². The fraction of sp³-hybridized carbons (Fsp3) is 0.848. The number of hydrogen-bond acceptors (Lipinski definition) is 6. The molecule has 256 valence electrons. The molecule has 11 nitrogen and oxygen atoms in total. The lowest BCUT2D eigenvalue weighted by Gasteiger charge is -2.15. The lowest BCUT2D eigenvalue weighted by Crippen LogP contribution is -2.41. The topological polar surface area (TPSA) is 182 Å². The van der Waals surface area contributed by atoms with Crippen molar-refractivity contribution in [3.05, 3.63) is 0 Å². The summed E-state index contributed by atoms with van der Waals surface area (Å²) in [4.78, 5) is 57.5. The molecule has 44 heavy (non-hydrogen) atoms.